The zero-order valence-corrected chi connectivity index (χ0v) is 12.2. The lowest BCUT2D eigenvalue weighted by atomic mass is 10.2. The first kappa shape index (κ1) is 15.2. The molecule has 0 atom stereocenters. The van der Waals surface area contributed by atoms with E-state index in [0.29, 0.717) is 12.4 Å². The van der Waals surface area contributed by atoms with Gasteiger partial charge in [0.1, 0.15) is 17.5 Å². The van der Waals surface area contributed by atoms with Crippen LogP contribution >= 0.6 is 15.9 Å². The zero-order chi connectivity index (χ0) is 14.1. The summed E-state index contributed by atoms with van der Waals surface area (Å²) in [4.78, 5) is 15.7. The summed E-state index contributed by atoms with van der Waals surface area (Å²) in [5.41, 5.74) is 0.0285. The number of nitrogens with zero attached hydrogens (tertiary/aromatic N) is 2. The Morgan fingerprint density at radius 1 is 1.58 bits per heavy atom. The molecule has 0 spiro atoms. The number of rotatable bonds is 6. The van der Waals surface area contributed by atoms with E-state index in [1.807, 2.05) is 19.1 Å². The number of hydrogen-bond acceptors (Lipinski definition) is 4. The van der Waals surface area contributed by atoms with Crippen LogP contribution in [0.15, 0.2) is 34.6 Å². The van der Waals surface area contributed by atoms with Crippen molar-refractivity contribution in [1.29, 1.82) is 5.26 Å². The first-order chi connectivity index (χ1) is 9.17. The van der Waals surface area contributed by atoms with Crippen molar-refractivity contribution in [2.45, 2.75) is 19.8 Å². The number of nitrogens with one attached hydrogen (secondary N) is 2. The van der Waals surface area contributed by atoms with E-state index in [1.54, 1.807) is 12.3 Å². The van der Waals surface area contributed by atoms with Gasteiger partial charge in [0.2, 0.25) is 0 Å². The Hall–Kier alpha value is -1.87. The van der Waals surface area contributed by atoms with Gasteiger partial charge >= 0.3 is 0 Å². The van der Waals surface area contributed by atoms with E-state index in [2.05, 4.69) is 31.5 Å². The van der Waals surface area contributed by atoms with Crippen molar-refractivity contribution in [2.75, 3.05) is 11.9 Å². The fraction of sp³-hybridized carbons (Fsp3) is 0.308. The Labute approximate surface area is 120 Å². The monoisotopic (exact) mass is 322 g/mol. The second-order valence-electron chi connectivity index (χ2n) is 3.79. The van der Waals surface area contributed by atoms with Gasteiger partial charge in [0.25, 0.3) is 5.91 Å². The zero-order valence-electron chi connectivity index (χ0n) is 10.6. The first-order valence-corrected chi connectivity index (χ1v) is 6.73. The highest BCUT2D eigenvalue weighted by Gasteiger charge is 2.07. The summed E-state index contributed by atoms with van der Waals surface area (Å²) in [5, 5.41) is 14.4. The third kappa shape index (κ3) is 5.53. The van der Waals surface area contributed by atoms with E-state index < -0.39 is 0 Å². The van der Waals surface area contributed by atoms with Gasteiger partial charge in [-0.05, 0) is 34.5 Å². The van der Waals surface area contributed by atoms with Crippen molar-refractivity contribution in [3.63, 3.8) is 0 Å². The molecule has 100 valence electrons. The van der Waals surface area contributed by atoms with Gasteiger partial charge < -0.3 is 10.6 Å². The number of hydrogen-bond donors (Lipinski definition) is 2. The smallest absolute Gasteiger partial charge is 0.263 e. The minimum Gasteiger partial charge on any atom is -0.351 e. The molecular formula is C13H15BrN4O. The van der Waals surface area contributed by atoms with Crippen molar-refractivity contribution in [2.24, 2.45) is 0 Å². The Kier molecular flexibility index (Phi) is 6.61. The number of carbonyl (C=O) groups is 1. The van der Waals surface area contributed by atoms with Gasteiger partial charge in [0.15, 0.2) is 0 Å². The van der Waals surface area contributed by atoms with E-state index in [-0.39, 0.29) is 11.5 Å². The van der Waals surface area contributed by atoms with Crippen LogP contribution in [0, 0.1) is 11.3 Å². The summed E-state index contributed by atoms with van der Waals surface area (Å²) in [5.74, 6) is 0.192. The molecule has 0 aliphatic carbocycles. The van der Waals surface area contributed by atoms with Gasteiger partial charge in [0, 0.05) is 23.4 Å². The van der Waals surface area contributed by atoms with Gasteiger partial charge in [-0.25, -0.2) is 4.98 Å². The SMILES string of the molecule is CCCCNC(=O)/C(C#N)=C\Nc1ccc(Br)cn1. The molecule has 0 aliphatic heterocycles. The first-order valence-electron chi connectivity index (χ1n) is 5.94. The maximum absolute atomic E-state index is 11.7. The molecule has 0 saturated carbocycles. The van der Waals surface area contributed by atoms with Gasteiger partial charge in [-0.3, -0.25) is 4.79 Å². The fourth-order valence-electron chi connectivity index (χ4n) is 1.23. The fourth-order valence-corrected chi connectivity index (χ4v) is 1.46. The molecule has 0 aliphatic rings. The molecule has 0 radical (unpaired) electrons. The number of pyridine rings is 1. The van der Waals surface area contributed by atoms with E-state index in [1.165, 1.54) is 6.20 Å². The number of nitriles is 1. The lowest BCUT2D eigenvalue weighted by Crippen LogP contribution is -2.25. The third-order valence-corrected chi connectivity index (χ3v) is 2.74. The Morgan fingerprint density at radius 2 is 2.37 bits per heavy atom. The number of halogens is 1. The Balaban J connectivity index is 2.59. The average molecular weight is 323 g/mol. The number of amides is 1. The highest BCUT2D eigenvalue weighted by Crippen LogP contribution is 2.10. The van der Waals surface area contributed by atoms with Crippen LogP contribution in [0.5, 0.6) is 0 Å². The largest absolute Gasteiger partial charge is 0.351 e. The molecule has 6 heteroatoms. The van der Waals surface area contributed by atoms with Crippen LogP contribution in [0.2, 0.25) is 0 Å². The van der Waals surface area contributed by atoms with Crippen LogP contribution in [-0.4, -0.2) is 17.4 Å². The van der Waals surface area contributed by atoms with Crippen molar-refractivity contribution in [1.82, 2.24) is 10.3 Å². The molecule has 1 aromatic rings. The molecule has 5 nitrogen and oxygen atoms in total. The second-order valence-corrected chi connectivity index (χ2v) is 4.70. The summed E-state index contributed by atoms with van der Waals surface area (Å²) in [7, 11) is 0. The Morgan fingerprint density at radius 3 is 2.95 bits per heavy atom. The van der Waals surface area contributed by atoms with Gasteiger partial charge in [-0.1, -0.05) is 13.3 Å². The molecule has 19 heavy (non-hydrogen) atoms. The van der Waals surface area contributed by atoms with Crippen molar-refractivity contribution in [3.8, 4) is 6.07 Å². The van der Waals surface area contributed by atoms with E-state index in [4.69, 9.17) is 5.26 Å². The van der Waals surface area contributed by atoms with E-state index in [9.17, 15) is 4.79 Å². The normalized spacial score (nSPS) is 10.7. The molecule has 1 aromatic heterocycles. The highest BCUT2D eigenvalue weighted by molar-refractivity contribution is 9.10. The summed E-state index contributed by atoms with van der Waals surface area (Å²) in [6.07, 6.45) is 4.88. The predicted octanol–water partition coefficient (Wildman–Crippen LogP) is 2.58. The maximum atomic E-state index is 11.7. The van der Waals surface area contributed by atoms with Crippen LogP contribution < -0.4 is 10.6 Å². The van der Waals surface area contributed by atoms with Crippen molar-refractivity contribution < 1.29 is 4.79 Å². The molecule has 1 amide bonds. The molecule has 0 bridgehead atoms. The minimum atomic E-state index is -0.374. The molecule has 0 fully saturated rings. The van der Waals surface area contributed by atoms with Crippen LogP contribution in [0.3, 0.4) is 0 Å². The summed E-state index contributed by atoms with van der Waals surface area (Å²) >= 11 is 3.28. The molecule has 0 unspecified atom stereocenters. The maximum Gasteiger partial charge on any atom is 0.263 e. The summed E-state index contributed by atoms with van der Waals surface area (Å²) < 4.78 is 0.861. The third-order valence-electron chi connectivity index (χ3n) is 2.27. The van der Waals surface area contributed by atoms with E-state index >= 15 is 0 Å². The quantitative estimate of drug-likeness (QED) is 0.479. The van der Waals surface area contributed by atoms with Crippen LogP contribution in [-0.2, 0) is 4.79 Å². The number of anilines is 1. The topological polar surface area (TPSA) is 77.8 Å². The number of carbonyl (C=O) groups excluding carboxylic acids is 1. The molecular weight excluding hydrogens is 308 g/mol. The van der Waals surface area contributed by atoms with E-state index in [0.717, 1.165) is 17.3 Å². The lowest BCUT2D eigenvalue weighted by Gasteiger charge is -2.04. The highest BCUT2D eigenvalue weighted by atomic mass is 79.9. The molecule has 0 aromatic carbocycles. The summed E-state index contributed by atoms with van der Waals surface area (Å²) in [6.45, 7) is 2.61. The molecule has 0 saturated heterocycles. The average Bonchev–Trinajstić information content (AvgIpc) is 2.42. The molecule has 1 rings (SSSR count). The van der Waals surface area contributed by atoms with Crippen LogP contribution in [0.25, 0.3) is 0 Å². The minimum absolute atomic E-state index is 0.0285. The molecule has 1 heterocycles. The molecule has 2 N–H and O–H groups in total. The number of unbranched alkanes of at least 4 members (excludes halogenated alkanes) is 1. The van der Waals surface area contributed by atoms with Crippen LogP contribution in [0.1, 0.15) is 19.8 Å². The van der Waals surface area contributed by atoms with Gasteiger partial charge in [-0.15, -0.1) is 0 Å². The number of aromatic nitrogens is 1. The van der Waals surface area contributed by atoms with Crippen molar-refractivity contribution >= 4 is 27.7 Å². The lowest BCUT2D eigenvalue weighted by molar-refractivity contribution is -0.117. The summed E-state index contributed by atoms with van der Waals surface area (Å²) in [6, 6.07) is 5.42. The second kappa shape index (κ2) is 8.27. The van der Waals surface area contributed by atoms with Crippen LogP contribution in [0.4, 0.5) is 5.82 Å². The Bertz CT molecular complexity index is 490. The van der Waals surface area contributed by atoms with Gasteiger partial charge in [0.05, 0.1) is 0 Å². The predicted molar refractivity (Wildman–Crippen MR) is 77.2 cm³/mol. The van der Waals surface area contributed by atoms with Gasteiger partial charge in [-0.2, -0.15) is 5.26 Å². The standard InChI is InChI=1S/C13H15BrN4O/c1-2-3-6-16-13(19)10(7-15)8-17-12-5-4-11(14)9-18-12/h4-5,8-9H,2-3,6H2,1H3,(H,16,19)(H,17,18)/b10-8-. The van der Waals surface area contributed by atoms with Crippen molar-refractivity contribution in [3.05, 3.63) is 34.6 Å².